The lowest BCUT2D eigenvalue weighted by Gasteiger charge is -2.36. The number of nitrogens with one attached hydrogen (secondary N) is 1. The van der Waals surface area contributed by atoms with Crippen molar-refractivity contribution in [2.24, 2.45) is 0 Å². The molecule has 1 N–H and O–H groups in total. The van der Waals surface area contributed by atoms with Crippen molar-refractivity contribution < 1.29 is 9.59 Å². The highest BCUT2D eigenvalue weighted by molar-refractivity contribution is 7.99. The monoisotopic (exact) mass is 369 g/mol. The second-order valence-electron chi connectivity index (χ2n) is 5.57. The zero-order valence-electron chi connectivity index (χ0n) is 14.0. The van der Waals surface area contributed by atoms with Crippen LogP contribution in [0.4, 0.5) is 5.69 Å². The molecule has 2 amide bonds. The normalized spacial score (nSPS) is 14.6. The fraction of sp³-hybridized carbons (Fsp3) is 0.529. The fourth-order valence-corrected chi connectivity index (χ4v) is 3.29. The summed E-state index contributed by atoms with van der Waals surface area (Å²) in [5.74, 6) is 1.74. The van der Waals surface area contributed by atoms with Crippen LogP contribution < -0.4 is 10.2 Å². The van der Waals surface area contributed by atoms with Gasteiger partial charge in [-0.1, -0.05) is 18.5 Å². The molecule has 2 rings (SSSR count). The van der Waals surface area contributed by atoms with Gasteiger partial charge in [0.25, 0.3) is 0 Å². The third-order valence-corrected chi connectivity index (χ3v) is 5.09. The molecule has 0 unspecified atom stereocenters. The number of thioether (sulfide) groups is 1. The van der Waals surface area contributed by atoms with Crippen LogP contribution in [0.5, 0.6) is 0 Å². The Bertz CT molecular complexity index is 545. The minimum Gasteiger partial charge on any atom is -0.368 e. The Labute approximate surface area is 152 Å². The summed E-state index contributed by atoms with van der Waals surface area (Å²) in [6.45, 7) is 5.07. The summed E-state index contributed by atoms with van der Waals surface area (Å²) in [5.41, 5.74) is 1.12. The summed E-state index contributed by atoms with van der Waals surface area (Å²) >= 11 is 7.64. The number of hydrogen-bond donors (Lipinski definition) is 1. The number of nitrogens with zero attached hydrogens (tertiary/aromatic N) is 2. The zero-order valence-corrected chi connectivity index (χ0v) is 15.5. The summed E-state index contributed by atoms with van der Waals surface area (Å²) in [6.07, 6.45) is 0.468. The van der Waals surface area contributed by atoms with Crippen molar-refractivity contribution >= 4 is 40.9 Å². The second kappa shape index (κ2) is 9.79. The summed E-state index contributed by atoms with van der Waals surface area (Å²) < 4.78 is 0. The predicted molar refractivity (Wildman–Crippen MR) is 101 cm³/mol. The van der Waals surface area contributed by atoms with Crippen LogP contribution in [0.3, 0.4) is 0 Å². The van der Waals surface area contributed by atoms with E-state index >= 15 is 0 Å². The zero-order chi connectivity index (χ0) is 17.4. The Morgan fingerprint density at radius 1 is 1.17 bits per heavy atom. The highest BCUT2D eigenvalue weighted by atomic mass is 35.5. The third-order valence-electron chi connectivity index (χ3n) is 3.94. The number of piperazine rings is 1. The first-order valence-corrected chi connectivity index (χ1v) is 9.76. The molecule has 1 aliphatic rings. The van der Waals surface area contributed by atoms with Gasteiger partial charge in [-0.3, -0.25) is 9.59 Å². The third kappa shape index (κ3) is 5.91. The predicted octanol–water partition coefficient (Wildman–Crippen LogP) is 2.25. The molecule has 132 valence electrons. The van der Waals surface area contributed by atoms with E-state index in [1.807, 2.05) is 29.2 Å². The molecule has 0 aromatic heterocycles. The van der Waals surface area contributed by atoms with E-state index in [-0.39, 0.29) is 18.4 Å². The quantitative estimate of drug-likeness (QED) is 0.749. The van der Waals surface area contributed by atoms with Crippen LogP contribution in [0, 0.1) is 0 Å². The van der Waals surface area contributed by atoms with Gasteiger partial charge in [-0.2, -0.15) is 11.8 Å². The minimum atomic E-state index is -0.0518. The molecule has 1 heterocycles. The maximum atomic E-state index is 12.2. The lowest BCUT2D eigenvalue weighted by atomic mass is 10.2. The Kier molecular flexibility index (Phi) is 7.72. The average Bonchev–Trinajstić information content (AvgIpc) is 2.61. The first-order chi connectivity index (χ1) is 11.6. The van der Waals surface area contributed by atoms with Crippen LogP contribution >= 0.6 is 23.4 Å². The molecule has 0 aliphatic carbocycles. The van der Waals surface area contributed by atoms with E-state index in [0.29, 0.717) is 19.5 Å². The van der Waals surface area contributed by atoms with Gasteiger partial charge in [0.2, 0.25) is 11.8 Å². The van der Waals surface area contributed by atoms with Crippen molar-refractivity contribution in [3.8, 4) is 0 Å². The number of carbonyl (C=O) groups excluding carboxylic acids is 2. The van der Waals surface area contributed by atoms with E-state index in [4.69, 9.17) is 11.6 Å². The van der Waals surface area contributed by atoms with Crippen molar-refractivity contribution in [1.29, 1.82) is 0 Å². The van der Waals surface area contributed by atoms with E-state index in [1.165, 1.54) is 0 Å². The van der Waals surface area contributed by atoms with Gasteiger partial charge in [0.05, 0.1) is 6.54 Å². The molecular weight excluding hydrogens is 346 g/mol. The van der Waals surface area contributed by atoms with Crippen molar-refractivity contribution in [2.75, 3.05) is 49.1 Å². The highest BCUT2D eigenvalue weighted by Gasteiger charge is 2.21. The lowest BCUT2D eigenvalue weighted by Crippen LogP contribution is -2.51. The van der Waals surface area contributed by atoms with Crippen LogP contribution in [-0.2, 0) is 9.59 Å². The minimum absolute atomic E-state index is 0.0118. The van der Waals surface area contributed by atoms with Gasteiger partial charge in [0, 0.05) is 49.1 Å². The second-order valence-corrected chi connectivity index (χ2v) is 7.40. The van der Waals surface area contributed by atoms with Crippen molar-refractivity contribution in [1.82, 2.24) is 10.2 Å². The van der Waals surface area contributed by atoms with Gasteiger partial charge in [0.15, 0.2) is 0 Å². The molecule has 24 heavy (non-hydrogen) atoms. The standard InChI is InChI=1S/C17H24ClN3O2S/c1-2-24-12-7-16(22)19-13-17(23)21-10-8-20(9-11-21)15-5-3-14(18)4-6-15/h3-6H,2,7-13H2,1H3,(H,19,22). The summed E-state index contributed by atoms with van der Waals surface area (Å²) in [6, 6.07) is 7.74. The van der Waals surface area contributed by atoms with E-state index in [2.05, 4.69) is 17.1 Å². The van der Waals surface area contributed by atoms with Crippen molar-refractivity contribution in [2.45, 2.75) is 13.3 Å². The van der Waals surface area contributed by atoms with Crippen LogP contribution in [0.2, 0.25) is 5.02 Å². The Morgan fingerprint density at radius 2 is 1.83 bits per heavy atom. The SMILES string of the molecule is CCSCCC(=O)NCC(=O)N1CCN(c2ccc(Cl)cc2)CC1. The Morgan fingerprint density at radius 3 is 2.46 bits per heavy atom. The van der Waals surface area contributed by atoms with E-state index in [9.17, 15) is 9.59 Å². The molecule has 1 aromatic carbocycles. The average molecular weight is 370 g/mol. The number of rotatable bonds is 7. The van der Waals surface area contributed by atoms with Gasteiger partial charge in [-0.25, -0.2) is 0 Å². The fourth-order valence-electron chi connectivity index (χ4n) is 2.55. The van der Waals surface area contributed by atoms with Crippen LogP contribution in [0.25, 0.3) is 0 Å². The molecule has 1 saturated heterocycles. The van der Waals surface area contributed by atoms with Gasteiger partial charge in [-0.05, 0) is 30.0 Å². The smallest absolute Gasteiger partial charge is 0.242 e. The maximum absolute atomic E-state index is 12.2. The number of halogens is 1. The Balaban J connectivity index is 1.70. The Hall–Kier alpha value is -1.40. The molecule has 1 aromatic rings. The van der Waals surface area contributed by atoms with Gasteiger partial charge >= 0.3 is 0 Å². The topological polar surface area (TPSA) is 52.7 Å². The van der Waals surface area contributed by atoms with Crippen LogP contribution in [0.15, 0.2) is 24.3 Å². The number of carbonyl (C=O) groups is 2. The van der Waals surface area contributed by atoms with Gasteiger partial charge in [-0.15, -0.1) is 0 Å². The van der Waals surface area contributed by atoms with E-state index in [1.54, 1.807) is 11.8 Å². The first kappa shape index (κ1) is 18.9. The largest absolute Gasteiger partial charge is 0.368 e. The van der Waals surface area contributed by atoms with Crippen LogP contribution in [-0.4, -0.2) is 60.9 Å². The van der Waals surface area contributed by atoms with E-state index < -0.39 is 0 Å². The number of hydrogen-bond acceptors (Lipinski definition) is 4. The molecule has 1 aliphatic heterocycles. The molecule has 7 heteroatoms. The maximum Gasteiger partial charge on any atom is 0.242 e. The first-order valence-electron chi connectivity index (χ1n) is 8.23. The van der Waals surface area contributed by atoms with Gasteiger partial charge < -0.3 is 15.1 Å². The lowest BCUT2D eigenvalue weighted by molar-refractivity contribution is -0.133. The van der Waals surface area contributed by atoms with Crippen molar-refractivity contribution in [3.63, 3.8) is 0 Å². The highest BCUT2D eigenvalue weighted by Crippen LogP contribution is 2.19. The number of anilines is 1. The summed E-state index contributed by atoms with van der Waals surface area (Å²) in [4.78, 5) is 27.9. The molecule has 0 spiro atoms. The molecular formula is C17H24ClN3O2S. The number of benzene rings is 1. The summed E-state index contributed by atoms with van der Waals surface area (Å²) in [7, 11) is 0. The molecule has 0 saturated carbocycles. The summed E-state index contributed by atoms with van der Waals surface area (Å²) in [5, 5.41) is 3.44. The molecule has 0 bridgehead atoms. The molecule has 5 nitrogen and oxygen atoms in total. The van der Waals surface area contributed by atoms with Crippen LogP contribution in [0.1, 0.15) is 13.3 Å². The van der Waals surface area contributed by atoms with Gasteiger partial charge in [0.1, 0.15) is 0 Å². The molecule has 0 radical (unpaired) electrons. The number of amides is 2. The molecule has 0 atom stereocenters. The molecule has 1 fully saturated rings. The van der Waals surface area contributed by atoms with E-state index in [0.717, 1.165) is 35.3 Å². The van der Waals surface area contributed by atoms with Crippen molar-refractivity contribution in [3.05, 3.63) is 29.3 Å².